The van der Waals surface area contributed by atoms with E-state index in [1.807, 2.05) is 12.1 Å². The van der Waals surface area contributed by atoms with Crippen molar-refractivity contribution >= 4 is 46.5 Å². The molecule has 0 radical (unpaired) electrons. The van der Waals surface area contributed by atoms with Gasteiger partial charge in [-0.1, -0.05) is 57.2 Å². The van der Waals surface area contributed by atoms with Crippen molar-refractivity contribution in [2.24, 2.45) is 5.16 Å². The number of carbonyl (C=O) groups excluding carboxylic acids is 1. The van der Waals surface area contributed by atoms with E-state index in [4.69, 9.17) is 58.4 Å². The molecule has 1 saturated heterocycles. The lowest BCUT2D eigenvalue weighted by atomic mass is 10.0. The number of ether oxygens (including phenoxy) is 3. The number of benzene rings is 2. The first-order valence-electron chi connectivity index (χ1n) is 13.7. The SMILES string of the molecule is COC(=O)c1cc(C2=NOC(c3ccc(OCc4c(-c5c(Cl)cccc5Cl)noc4C4CC4)cc3Cl)C2)n(C2COC2)n1. The summed E-state index contributed by atoms with van der Waals surface area (Å²) in [4.78, 5) is 17.9. The lowest BCUT2D eigenvalue weighted by Gasteiger charge is -2.27. The second kappa shape index (κ2) is 11.5. The van der Waals surface area contributed by atoms with Crippen molar-refractivity contribution in [3.8, 4) is 17.0 Å². The predicted molar refractivity (Wildman–Crippen MR) is 158 cm³/mol. The van der Waals surface area contributed by atoms with Crippen molar-refractivity contribution < 1.29 is 28.4 Å². The highest BCUT2D eigenvalue weighted by Gasteiger charge is 2.35. The van der Waals surface area contributed by atoms with Crippen LogP contribution in [-0.2, 0) is 20.9 Å². The maximum Gasteiger partial charge on any atom is 0.358 e. The predicted octanol–water partition coefficient (Wildman–Crippen LogP) is 7.18. The maximum atomic E-state index is 12.1. The van der Waals surface area contributed by atoms with Crippen molar-refractivity contribution in [2.45, 2.75) is 43.9 Å². The van der Waals surface area contributed by atoms with E-state index in [2.05, 4.69) is 15.4 Å². The third-order valence-corrected chi connectivity index (χ3v) is 8.69. The molecule has 0 bridgehead atoms. The topological polar surface area (TPSA) is 110 Å². The highest BCUT2D eigenvalue weighted by Crippen LogP contribution is 2.46. The van der Waals surface area contributed by atoms with Crippen molar-refractivity contribution in [2.75, 3.05) is 20.3 Å². The van der Waals surface area contributed by atoms with Crippen LogP contribution in [0.1, 0.15) is 70.4 Å². The quantitative estimate of drug-likeness (QED) is 0.177. The van der Waals surface area contributed by atoms with Crippen LogP contribution in [0.15, 0.2) is 52.1 Å². The molecule has 1 aliphatic carbocycles. The van der Waals surface area contributed by atoms with Crippen molar-refractivity contribution in [1.29, 1.82) is 0 Å². The first kappa shape index (κ1) is 28.2. The van der Waals surface area contributed by atoms with E-state index in [9.17, 15) is 4.79 Å². The summed E-state index contributed by atoms with van der Waals surface area (Å²) in [5.41, 5.74) is 4.30. The number of aromatic nitrogens is 3. The van der Waals surface area contributed by atoms with Gasteiger partial charge in [0, 0.05) is 29.5 Å². The van der Waals surface area contributed by atoms with E-state index >= 15 is 0 Å². The normalized spacial score (nSPS) is 18.2. The fourth-order valence-electron chi connectivity index (χ4n) is 5.22. The van der Waals surface area contributed by atoms with Gasteiger partial charge in [0.25, 0.3) is 0 Å². The number of hydrogen-bond acceptors (Lipinski definition) is 9. The minimum atomic E-state index is -0.521. The summed E-state index contributed by atoms with van der Waals surface area (Å²) in [6, 6.07) is 12.4. The van der Waals surface area contributed by atoms with Crippen LogP contribution >= 0.6 is 34.8 Å². The van der Waals surface area contributed by atoms with Crippen molar-refractivity contribution in [3.05, 3.63) is 85.8 Å². The monoisotopic (exact) mass is 642 g/mol. The zero-order valence-corrected chi connectivity index (χ0v) is 25.2. The first-order valence-corrected chi connectivity index (χ1v) is 14.9. The van der Waals surface area contributed by atoms with Crippen molar-refractivity contribution in [1.82, 2.24) is 14.9 Å². The second-order valence-electron chi connectivity index (χ2n) is 10.6. The largest absolute Gasteiger partial charge is 0.489 e. The Labute approximate surface area is 261 Å². The molecule has 2 aliphatic heterocycles. The van der Waals surface area contributed by atoms with E-state index in [-0.39, 0.29) is 18.3 Å². The van der Waals surface area contributed by atoms with Gasteiger partial charge in [-0.25, -0.2) is 4.79 Å². The van der Waals surface area contributed by atoms with Gasteiger partial charge >= 0.3 is 5.97 Å². The molecule has 7 rings (SSSR count). The molecule has 0 spiro atoms. The van der Waals surface area contributed by atoms with Gasteiger partial charge in [0.15, 0.2) is 11.8 Å². The molecule has 1 atom stereocenters. The van der Waals surface area contributed by atoms with E-state index < -0.39 is 12.1 Å². The Morgan fingerprint density at radius 2 is 1.86 bits per heavy atom. The number of oxime groups is 1. The van der Waals surface area contributed by atoms with Crippen LogP contribution in [0.25, 0.3) is 11.3 Å². The molecule has 10 nitrogen and oxygen atoms in total. The minimum absolute atomic E-state index is 0.00971. The average Bonchev–Trinajstić information content (AvgIpc) is 3.34. The van der Waals surface area contributed by atoms with Crippen LogP contribution in [0.3, 0.4) is 0 Å². The van der Waals surface area contributed by atoms with Gasteiger partial charge in [0.1, 0.15) is 29.5 Å². The molecule has 13 heteroatoms. The summed E-state index contributed by atoms with van der Waals surface area (Å²) in [7, 11) is 1.32. The Kier molecular flexibility index (Phi) is 7.54. The number of hydrogen-bond donors (Lipinski definition) is 0. The molecule has 1 saturated carbocycles. The summed E-state index contributed by atoms with van der Waals surface area (Å²) >= 11 is 19.7. The Balaban J connectivity index is 1.08. The number of nitrogens with zero attached hydrogens (tertiary/aromatic N) is 4. The zero-order valence-electron chi connectivity index (χ0n) is 22.9. The van der Waals surface area contributed by atoms with Gasteiger partial charge in [-0.15, -0.1) is 0 Å². The van der Waals surface area contributed by atoms with E-state index in [0.717, 1.165) is 29.7 Å². The molecule has 0 N–H and O–H groups in total. The smallest absolute Gasteiger partial charge is 0.358 e. The molecule has 2 aromatic carbocycles. The zero-order chi connectivity index (χ0) is 29.7. The molecule has 3 aliphatic rings. The highest BCUT2D eigenvalue weighted by molar-refractivity contribution is 6.39. The van der Waals surface area contributed by atoms with Gasteiger partial charge in [0.2, 0.25) is 0 Å². The Bertz CT molecular complexity index is 1720. The number of carbonyl (C=O) groups is 1. The summed E-state index contributed by atoms with van der Waals surface area (Å²) in [5.74, 6) is 1.14. The van der Waals surface area contributed by atoms with Gasteiger partial charge < -0.3 is 23.6 Å². The third-order valence-electron chi connectivity index (χ3n) is 7.73. The van der Waals surface area contributed by atoms with Crippen LogP contribution in [0.2, 0.25) is 15.1 Å². The molecular formula is C30H25Cl3N4O6. The number of esters is 1. The fourth-order valence-corrected chi connectivity index (χ4v) is 6.08. The van der Waals surface area contributed by atoms with Gasteiger partial charge in [-0.05, 0) is 37.1 Å². The third kappa shape index (κ3) is 5.37. The molecule has 43 heavy (non-hydrogen) atoms. The van der Waals surface area contributed by atoms with Crippen LogP contribution < -0.4 is 4.74 Å². The van der Waals surface area contributed by atoms with Crippen molar-refractivity contribution in [3.63, 3.8) is 0 Å². The Morgan fingerprint density at radius 1 is 1.07 bits per heavy atom. The highest BCUT2D eigenvalue weighted by atomic mass is 35.5. The van der Waals surface area contributed by atoms with E-state index in [1.165, 1.54) is 7.11 Å². The number of rotatable bonds is 9. The molecule has 4 aromatic rings. The number of methoxy groups -OCH3 is 1. The Morgan fingerprint density at radius 3 is 2.53 bits per heavy atom. The Hall–Kier alpha value is -3.57. The van der Waals surface area contributed by atoms with Crippen LogP contribution in [0.4, 0.5) is 0 Å². The van der Waals surface area contributed by atoms with Crippen LogP contribution in [0, 0.1) is 0 Å². The second-order valence-corrected chi connectivity index (χ2v) is 11.8. The number of halogens is 3. The standard InChI is InChI=1S/C30H25Cl3N4O6/c1-39-30(38)24-10-25(37(34-24)16-12-40-13-16)23-11-26(42-35-23)18-8-7-17(9-22(18)33)41-14-19-28(36-43-29(19)15-5-6-15)27-20(31)3-2-4-21(27)32/h2-4,7-10,15-16,26H,5-6,11-14H2,1H3. The summed E-state index contributed by atoms with van der Waals surface area (Å²) < 4.78 is 23.9. The summed E-state index contributed by atoms with van der Waals surface area (Å²) in [6.07, 6.45) is 2.08. The molecule has 0 amide bonds. The lowest BCUT2D eigenvalue weighted by Crippen LogP contribution is -2.33. The van der Waals surface area contributed by atoms with Gasteiger partial charge in [0.05, 0.1) is 52.7 Å². The summed E-state index contributed by atoms with van der Waals surface area (Å²) in [5, 5.41) is 14.5. The average molecular weight is 644 g/mol. The molecule has 4 heterocycles. The molecule has 222 valence electrons. The molecular weight excluding hydrogens is 619 g/mol. The van der Waals surface area contributed by atoms with E-state index in [1.54, 1.807) is 35.0 Å². The minimum Gasteiger partial charge on any atom is -0.489 e. The molecule has 2 fully saturated rings. The lowest BCUT2D eigenvalue weighted by molar-refractivity contribution is -0.0290. The van der Waals surface area contributed by atoms with Gasteiger partial charge in [-0.3, -0.25) is 4.68 Å². The van der Waals surface area contributed by atoms with Gasteiger partial charge in [-0.2, -0.15) is 5.10 Å². The molecule has 2 aromatic heterocycles. The molecule has 1 unspecified atom stereocenters. The maximum absolute atomic E-state index is 12.1. The van der Waals surface area contributed by atoms with E-state index in [0.29, 0.717) is 69.0 Å². The first-order chi connectivity index (χ1) is 20.9. The fraction of sp³-hybridized carbons (Fsp3) is 0.333. The van der Waals surface area contributed by atoms with Crippen LogP contribution in [0.5, 0.6) is 5.75 Å². The van der Waals surface area contributed by atoms with Crippen LogP contribution in [-0.4, -0.2) is 46.9 Å². The summed E-state index contributed by atoms with van der Waals surface area (Å²) in [6.45, 7) is 1.21.